The molecule has 0 aromatic heterocycles. The average molecular weight is 775 g/mol. The zero-order valence-corrected chi connectivity index (χ0v) is 36.1. The molecule has 8 heteroatoms. The zero-order valence-electron chi connectivity index (χ0n) is 36.1. The van der Waals surface area contributed by atoms with Crippen molar-refractivity contribution in [2.24, 2.45) is 0 Å². The Kier molecular flexibility index (Phi) is 36.3. The Hall–Kier alpha value is -2.71. The molecule has 0 fully saturated rings. The molecule has 318 valence electrons. The molecule has 55 heavy (non-hydrogen) atoms. The van der Waals surface area contributed by atoms with Gasteiger partial charge in [-0.2, -0.15) is 0 Å². The molecule has 0 saturated heterocycles. The number of carbonyl (C=O) groups excluding carboxylic acids is 2. The fourth-order valence-electron chi connectivity index (χ4n) is 6.29. The van der Waals surface area contributed by atoms with Crippen molar-refractivity contribution in [3.63, 3.8) is 0 Å². The molecule has 2 unspecified atom stereocenters. The lowest BCUT2D eigenvalue weighted by molar-refractivity contribution is -0.887. The van der Waals surface area contributed by atoms with Crippen molar-refractivity contribution in [2.45, 2.75) is 193 Å². The van der Waals surface area contributed by atoms with Crippen LogP contribution >= 0.6 is 0 Å². The normalized spacial score (nSPS) is 13.4. The van der Waals surface area contributed by atoms with Crippen molar-refractivity contribution in [2.75, 3.05) is 41.0 Å². The monoisotopic (exact) mass is 775 g/mol. The summed E-state index contributed by atoms with van der Waals surface area (Å²) in [5.74, 6) is -1.54. The smallest absolute Gasteiger partial charge is 0.362 e. The molecule has 0 aliphatic heterocycles. The van der Waals surface area contributed by atoms with Gasteiger partial charge in [-0.25, -0.2) is 4.79 Å². The van der Waals surface area contributed by atoms with E-state index < -0.39 is 18.1 Å². The van der Waals surface area contributed by atoms with Crippen LogP contribution in [0.25, 0.3) is 0 Å². The lowest BCUT2D eigenvalue weighted by Gasteiger charge is -2.31. The molecule has 0 aliphatic rings. The van der Waals surface area contributed by atoms with E-state index in [-0.39, 0.29) is 42.7 Å². The molecule has 0 radical (unpaired) electrons. The van der Waals surface area contributed by atoms with Gasteiger partial charge in [-0.1, -0.05) is 146 Å². The number of hydrogen-bond donors (Lipinski definition) is 1. The van der Waals surface area contributed by atoms with E-state index in [1.165, 1.54) is 96.3 Å². The van der Waals surface area contributed by atoms with E-state index in [9.17, 15) is 19.5 Å². The van der Waals surface area contributed by atoms with Crippen LogP contribution in [0.4, 0.5) is 0 Å². The Morgan fingerprint density at radius 3 is 1.58 bits per heavy atom. The number of unbranched alkanes of at least 4 members (excludes halogenated alkanes) is 17. The Morgan fingerprint density at radius 1 is 0.564 bits per heavy atom. The van der Waals surface area contributed by atoms with E-state index in [1.54, 1.807) is 0 Å². The van der Waals surface area contributed by atoms with Crippen molar-refractivity contribution in [1.29, 1.82) is 0 Å². The Labute approximate surface area is 337 Å². The van der Waals surface area contributed by atoms with E-state index in [4.69, 9.17) is 14.2 Å². The van der Waals surface area contributed by atoms with Crippen LogP contribution in [-0.4, -0.2) is 80.6 Å². The molecular weight excluding hydrogens is 691 g/mol. The summed E-state index contributed by atoms with van der Waals surface area (Å²) in [5.41, 5.74) is 0. The van der Waals surface area contributed by atoms with Gasteiger partial charge in [0, 0.05) is 19.3 Å². The molecule has 0 rings (SSSR count). The third-order valence-electron chi connectivity index (χ3n) is 9.71. The number of allylic oxidation sites excluding steroid dienone is 8. The highest BCUT2D eigenvalue weighted by Crippen LogP contribution is 2.14. The van der Waals surface area contributed by atoms with E-state index >= 15 is 0 Å². The molecule has 2 atom stereocenters. The van der Waals surface area contributed by atoms with E-state index in [0.717, 1.165) is 44.9 Å². The van der Waals surface area contributed by atoms with E-state index in [0.29, 0.717) is 19.3 Å². The second kappa shape index (κ2) is 38.2. The number of aliphatic carboxylic acids is 1. The largest absolute Gasteiger partial charge is 0.477 e. The number of likely N-dealkylation sites (N-methyl/N-ethyl adjacent to an activating group) is 1. The van der Waals surface area contributed by atoms with Crippen LogP contribution in [0.2, 0.25) is 0 Å². The van der Waals surface area contributed by atoms with Gasteiger partial charge in [0.15, 0.2) is 12.1 Å². The van der Waals surface area contributed by atoms with Gasteiger partial charge < -0.3 is 23.8 Å². The molecule has 0 bridgehead atoms. The lowest BCUT2D eigenvalue weighted by Crippen LogP contribution is -2.50. The standard InChI is InChI=1S/C47H83NO7/c1-6-8-10-12-14-16-18-19-20-21-22-23-24-25-26-28-30-32-34-36-38-46(50)55-43(41-53-40-39-44(47(51)52)48(3,4)5)42-54-45(49)37-35-33-31-29-27-17-15-13-11-9-7-2/h9,11,15,17,22-23,29,31,43-44H,6-8,10,12-14,16,18-21,24-28,30,32-42H2,1-5H3/p+1/b11-9+,17-15+,23-22+,31-29+. The number of rotatable bonds is 39. The van der Waals surface area contributed by atoms with Crippen LogP contribution in [0.3, 0.4) is 0 Å². The highest BCUT2D eigenvalue weighted by atomic mass is 16.6. The summed E-state index contributed by atoms with van der Waals surface area (Å²) >= 11 is 0. The molecular formula is C47H84NO7+. The number of esters is 2. The highest BCUT2D eigenvalue weighted by Gasteiger charge is 2.31. The van der Waals surface area contributed by atoms with Crippen LogP contribution in [0, 0.1) is 0 Å². The van der Waals surface area contributed by atoms with Crippen molar-refractivity contribution in [1.82, 2.24) is 0 Å². The number of carboxylic acids is 1. The van der Waals surface area contributed by atoms with Crippen LogP contribution in [-0.2, 0) is 28.6 Å². The van der Waals surface area contributed by atoms with Gasteiger partial charge in [0.25, 0.3) is 0 Å². The number of carbonyl (C=O) groups is 3. The maximum Gasteiger partial charge on any atom is 0.362 e. The number of quaternary nitrogens is 1. The second-order valence-electron chi connectivity index (χ2n) is 15.9. The van der Waals surface area contributed by atoms with Crippen molar-refractivity contribution in [3.05, 3.63) is 48.6 Å². The Morgan fingerprint density at radius 2 is 1.04 bits per heavy atom. The fourth-order valence-corrected chi connectivity index (χ4v) is 6.29. The van der Waals surface area contributed by atoms with Gasteiger partial charge in [0.05, 0.1) is 34.4 Å². The molecule has 0 spiro atoms. The predicted octanol–water partition coefficient (Wildman–Crippen LogP) is 12.0. The number of nitrogens with zero attached hydrogens (tertiary/aromatic N) is 1. The van der Waals surface area contributed by atoms with E-state index in [2.05, 4.69) is 62.5 Å². The van der Waals surface area contributed by atoms with Crippen LogP contribution in [0.5, 0.6) is 0 Å². The summed E-state index contributed by atoms with van der Waals surface area (Å²) in [6.07, 6.45) is 44.6. The maximum atomic E-state index is 12.7. The summed E-state index contributed by atoms with van der Waals surface area (Å²) in [6, 6.07) is -0.622. The first-order valence-corrected chi connectivity index (χ1v) is 22.2. The van der Waals surface area contributed by atoms with Crippen molar-refractivity contribution >= 4 is 17.9 Å². The SMILES string of the molecule is CC/C=C/C/C=C/C/C=C/CCCC(=O)OCC(COCCC(C(=O)O)[N+](C)(C)C)OC(=O)CCCCCCCCC/C=C/CCCCCCCCCCC. The fraction of sp³-hybridized carbons (Fsp3) is 0.766. The number of hydrogen-bond acceptors (Lipinski definition) is 6. The zero-order chi connectivity index (χ0) is 40.7. The van der Waals surface area contributed by atoms with Gasteiger partial charge in [-0.3, -0.25) is 9.59 Å². The average Bonchev–Trinajstić information content (AvgIpc) is 3.14. The first-order chi connectivity index (χ1) is 26.6. The Bertz CT molecular complexity index is 1040. The van der Waals surface area contributed by atoms with Gasteiger partial charge >= 0.3 is 17.9 Å². The van der Waals surface area contributed by atoms with Crippen molar-refractivity contribution in [3.8, 4) is 0 Å². The maximum absolute atomic E-state index is 12.7. The van der Waals surface area contributed by atoms with Gasteiger partial charge in [-0.15, -0.1) is 0 Å². The minimum atomic E-state index is -0.883. The summed E-state index contributed by atoms with van der Waals surface area (Å²) < 4.78 is 17.2. The topological polar surface area (TPSA) is 99.1 Å². The molecule has 0 saturated carbocycles. The molecule has 0 aromatic carbocycles. The van der Waals surface area contributed by atoms with Gasteiger partial charge in [0.2, 0.25) is 0 Å². The quantitative estimate of drug-likeness (QED) is 0.0287. The van der Waals surface area contributed by atoms with Gasteiger partial charge in [0.1, 0.15) is 6.61 Å². The first-order valence-electron chi connectivity index (χ1n) is 22.2. The van der Waals surface area contributed by atoms with Crippen molar-refractivity contribution < 1.29 is 38.2 Å². The second-order valence-corrected chi connectivity index (χ2v) is 15.9. The third-order valence-corrected chi connectivity index (χ3v) is 9.71. The summed E-state index contributed by atoms with van der Waals surface area (Å²) in [4.78, 5) is 36.9. The Balaban J connectivity index is 4.33. The first kappa shape index (κ1) is 52.3. The van der Waals surface area contributed by atoms with Gasteiger partial charge in [-0.05, 0) is 64.2 Å². The lowest BCUT2D eigenvalue weighted by atomic mass is 10.1. The van der Waals surface area contributed by atoms with Crippen LogP contribution < -0.4 is 0 Å². The number of ether oxygens (including phenoxy) is 3. The molecule has 0 aliphatic carbocycles. The van der Waals surface area contributed by atoms with Crippen LogP contribution in [0.1, 0.15) is 181 Å². The minimum absolute atomic E-state index is 0.0431. The van der Waals surface area contributed by atoms with E-state index in [1.807, 2.05) is 21.1 Å². The molecule has 0 amide bonds. The summed E-state index contributed by atoms with van der Waals surface area (Å²) in [5, 5.41) is 9.61. The summed E-state index contributed by atoms with van der Waals surface area (Å²) in [6.45, 7) is 4.56. The molecule has 1 N–H and O–H groups in total. The highest BCUT2D eigenvalue weighted by molar-refractivity contribution is 5.72. The molecule has 8 nitrogen and oxygen atoms in total. The predicted molar refractivity (Wildman–Crippen MR) is 229 cm³/mol. The molecule has 0 aromatic rings. The minimum Gasteiger partial charge on any atom is -0.477 e. The third kappa shape index (κ3) is 36.7. The summed E-state index contributed by atoms with van der Waals surface area (Å²) in [7, 11) is 5.51. The molecule has 0 heterocycles. The van der Waals surface area contributed by atoms with Crippen LogP contribution in [0.15, 0.2) is 48.6 Å². The number of carboxylic acid groups (broad SMARTS) is 1.